The van der Waals surface area contributed by atoms with E-state index in [9.17, 15) is 66.1 Å². The number of aliphatic hydroxyl groups is 12. The van der Waals surface area contributed by atoms with E-state index in [1.54, 1.807) is 0 Å². The van der Waals surface area contributed by atoms with Crippen molar-refractivity contribution in [3.8, 4) is 0 Å². The second kappa shape index (κ2) is 21.1. The van der Waals surface area contributed by atoms with E-state index in [1.165, 1.54) is 0 Å². The average molecular weight is 1050 g/mol. The van der Waals surface area contributed by atoms with Gasteiger partial charge in [0, 0.05) is 30.1 Å². The fraction of sp³-hybridized carbons (Fsp3) is 0.980. The molecule has 10 fully saturated rings. The SMILES string of the molecule is CC1CCC2(OC1)OC1CC3C4CCC5CC(OC6OC(CO)C(OC7OC(CO)C(O)C(O)C7OC7OC(CO)C(O)C(OC8OCC(O)C(O)C8O)C7O)C(O)C6O)CCC5(C)C4CC(=O)C3(C)C1C2C. The van der Waals surface area contributed by atoms with Gasteiger partial charge in [-0.05, 0) is 80.0 Å². The van der Waals surface area contributed by atoms with Crippen LogP contribution >= 0.6 is 0 Å². The minimum absolute atomic E-state index is 0.00648. The third-order valence-electron chi connectivity index (χ3n) is 19.9. The highest BCUT2D eigenvalue weighted by Crippen LogP contribution is 2.70. The van der Waals surface area contributed by atoms with Gasteiger partial charge in [-0.1, -0.05) is 27.7 Å². The van der Waals surface area contributed by atoms with E-state index >= 15 is 0 Å². The molecule has 0 amide bonds. The lowest BCUT2D eigenvalue weighted by Crippen LogP contribution is -2.67. The summed E-state index contributed by atoms with van der Waals surface area (Å²) in [7, 11) is 0. The van der Waals surface area contributed by atoms with Gasteiger partial charge < -0.3 is 109 Å². The monoisotopic (exact) mass is 1050 g/mol. The third-order valence-corrected chi connectivity index (χ3v) is 19.9. The molecule has 31 atom stereocenters. The Morgan fingerprint density at radius 3 is 1.92 bits per heavy atom. The Hall–Kier alpha value is -1.21. The molecule has 0 aromatic rings. The summed E-state index contributed by atoms with van der Waals surface area (Å²) in [4.78, 5) is 14.7. The molecular formula is C50H80O23. The summed E-state index contributed by atoms with van der Waals surface area (Å²) < 4.78 is 60.3. The first-order valence-corrected chi connectivity index (χ1v) is 26.7. The molecule has 10 rings (SSSR count). The Morgan fingerprint density at radius 2 is 1.22 bits per heavy atom. The average Bonchev–Trinajstić information content (AvgIpc) is 3.83. The first-order valence-electron chi connectivity index (χ1n) is 26.7. The number of hydrogen-bond acceptors (Lipinski definition) is 23. The molecule has 1 spiro atoms. The number of carbonyl (C=O) groups excluding carboxylic acids is 1. The Bertz CT molecular complexity index is 1910. The third kappa shape index (κ3) is 9.30. The number of fused-ring (bicyclic) bond motifs is 7. The van der Waals surface area contributed by atoms with Crippen LogP contribution in [0.2, 0.25) is 0 Å². The van der Waals surface area contributed by atoms with E-state index in [0.29, 0.717) is 43.5 Å². The van der Waals surface area contributed by atoms with Crippen LogP contribution in [0.1, 0.15) is 85.5 Å². The zero-order chi connectivity index (χ0) is 52.2. The fourth-order valence-corrected chi connectivity index (χ4v) is 15.6. The lowest BCUT2D eigenvalue weighted by Gasteiger charge is -2.60. The van der Waals surface area contributed by atoms with Crippen molar-refractivity contribution in [3.05, 3.63) is 0 Å². The van der Waals surface area contributed by atoms with Gasteiger partial charge in [-0.3, -0.25) is 4.79 Å². The second-order valence-electron chi connectivity index (χ2n) is 23.7. The molecule has 418 valence electrons. The molecule has 12 N–H and O–H groups in total. The highest BCUT2D eigenvalue weighted by molar-refractivity contribution is 5.87. The highest BCUT2D eigenvalue weighted by atomic mass is 16.8. The van der Waals surface area contributed by atoms with Crippen LogP contribution < -0.4 is 0 Å². The van der Waals surface area contributed by atoms with Crippen LogP contribution in [0.25, 0.3) is 0 Å². The zero-order valence-corrected chi connectivity index (χ0v) is 41.9. The fourth-order valence-electron chi connectivity index (χ4n) is 15.6. The van der Waals surface area contributed by atoms with E-state index in [-0.39, 0.29) is 41.1 Å². The van der Waals surface area contributed by atoms with Crippen molar-refractivity contribution in [2.24, 2.45) is 52.3 Å². The molecule has 0 bridgehead atoms. The summed E-state index contributed by atoms with van der Waals surface area (Å²) >= 11 is 0. The summed E-state index contributed by atoms with van der Waals surface area (Å²) in [6.07, 6.45) is -26.1. The van der Waals surface area contributed by atoms with Crippen molar-refractivity contribution in [2.45, 2.75) is 220 Å². The van der Waals surface area contributed by atoms with Gasteiger partial charge >= 0.3 is 0 Å². The number of carbonyl (C=O) groups is 1. The minimum Gasteiger partial charge on any atom is -0.394 e. The summed E-state index contributed by atoms with van der Waals surface area (Å²) in [5.74, 6) is 1.46. The van der Waals surface area contributed by atoms with Crippen molar-refractivity contribution in [3.63, 3.8) is 0 Å². The number of aliphatic hydroxyl groups excluding tert-OH is 12. The van der Waals surface area contributed by atoms with Crippen LogP contribution in [-0.2, 0) is 52.2 Å². The van der Waals surface area contributed by atoms with E-state index in [0.717, 1.165) is 38.5 Å². The van der Waals surface area contributed by atoms with Crippen LogP contribution in [0.5, 0.6) is 0 Å². The van der Waals surface area contributed by atoms with Gasteiger partial charge in [0.15, 0.2) is 30.9 Å². The maximum absolute atomic E-state index is 14.7. The van der Waals surface area contributed by atoms with E-state index in [2.05, 4.69) is 27.7 Å². The van der Waals surface area contributed by atoms with Crippen molar-refractivity contribution < 1.29 is 113 Å². The molecule has 31 unspecified atom stereocenters. The Balaban J connectivity index is 0.787. The summed E-state index contributed by atoms with van der Waals surface area (Å²) in [5.41, 5.74) is -0.611. The van der Waals surface area contributed by atoms with E-state index < -0.39 is 160 Å². The molecule has 6 saturated heterocycles. The molecule has 23 nitrogen and oxygen atoms in total. The normalized spacial score (nSPS) is 57.2. The maximum Gasteiger partial charge on any atom is 0.187 e. The largest absolute Gasteiger partial charge is 0.394 e. The Morgan fingerprint density at radius 1 is 0.589 bits per heavy atom. The van der Waals surface area contributed by atoms with Crippen molar-refractivity contribution in [2.75, 3.05) is 33.0 Å². The van der Waals surface area contributed by atoms with Crippen molar-refractivity contribution >= 4 is 5.78 Å². The number of ketones is 1. The van der Waals surface area contributed by atoms with Gasteiger partial charge in [-0.15, -0.1) is 0 Å². The standard InChI is InChI=1S/C50H80O23/c1-19-7-10-50(65-17-19)20(2)32-27(73-50)12-25-23-6-5-21-11-22(8-9-48(21,3)24(23)13-31(55)49(25,32)4)66-45-39(62)37(60)41(30(16-53)69-45)70-47-43(36(59)34(57)28(14-51)68-47)72-46-40(63)42(35(58)29(15-52)67-46)71-44-38(61)33(56)26(54)18-64-44/h19-30,32-47,51-54,56-63H,5-18H2,1-4H3. The van der Waals surface area contributed by atoms with Gasteiger partial charge in [0.1, 0.15) is 97.3 Å². The van der Waals surface area contributed by atoms with Gasteiger partial charge in [0.05, 0.1) is 45.2 Å². The van der Waals surface area contributed by atoms with Gasteiger partial charge in [-0.2, -0.15) is 0 Å². The molecule has 0 radical (unpaired) electrons. The molecule has 6 aliphatic heterocycles. The Kier molecular flexibility index (Phi) is 15.9. The van der Waals surface area contributed by atoms with Crippen LogP contribution in [-0.4, -0.2) is 235 Å². The Labute approximate surface area is 423 Å². The molecule has 0 aromatic carbocycles. The topological polar surface area (TPSA) is 352 Å². The van der Waals surface area contributed by atoms with Gasteiger partial charge in [0.2, 0.25) is 0 Å². The van der Waals surface area contributed by atoms with Crippen molar-refractivity contribution in [1.29, 1.82) is 0 Å². The highest BCUT2D eigenvalue weighted by Gasteiger charge is 2.72. The van der Waals surface area contributed by atoms with Gasteiger partial charge in [0.25, 0.3) is 0 Å². The predicted molar refractivity (Wildman–Crippen MR) is 243 cm³/mol. The molecule has 0 aromatic heterocycles. The number of ether oxygens (including phenoxy) is 10. The van der Waals surface area contributed by atoms with Crippen LogP contribution in [0.15, 0.2) is 0 Å². The first-order chi connectivity index (χ1) is 34.7. The molecular weight excluding hydrogens is 969 g/mol. The number of hydrogen-bond donors (Lipinski definition) is 12. The summed E-state index contributed by atoms with van der Waals surface area (Å²) in [6, 6.07) is 0. The molecule has 10 aliphatic rings. The molecule has 6 heterocycles. The minimum atomic E-state index is -2.01. The van der Waals surface area contributed by atoms with Gasteiger partial charge in [-0.25, -0.2) is 0 Å². The first kappa shape index (κ1) is 55.1. The van der Waals surface area contributed by atoms with Crippen LogP contribution in [0.4, 0.5) is 0 Å². The lowest BCUT2D eigenvalue weighted by atomic mass is 9.44. The van der Waals surface area contributed by atoms with Crippen molar-refractivity contribution in [1.82, 2.24) is 0 Å². The van der Waals surface area contributed by atoms with E-state index in [4.69, 9.17) is 47.4 Å². The lowest BCUT2D eigenvalue weighted by molar-refractivity contribution is -0.396. The van der Waals surface area contributed by atoms with Crippen LogP contribution in [0, 0.1) is 52.3 Å². The van der Waals surface area contributed by atoms with E-state index in [1.807, 2.05) is 0 Å². The molecule has 23 heteroatoms. The molecule has 4 saturated carbocycles. The number of rotatable bonds is 11. The summed E-state index contributed by atoms with van der Waals surface area (Å²) in [6.45, 7) is 6.67. The maximum atomic E-state index is 14.7. The zero-order valence-electron chi connectivity index (χ0n) is 41.9. The number of Topliss-reactive ketones (excluding diaryl/α,β-unsaturated/α-hetero) is 1. The smallest absolute Gasteiger partial charge is 0.187 e. The predicted octanol–water partition coefficient (Wildman–Crippen LogP) is -3.09. The van der Waals surface area contributed by atoms with Crippen LogP contribution in [0.3, 0.4) is 0 Å². The molecule has 73 heavy (non-hydrogen) atoms. The summed E-state index contributed by atoms with van der Waals surface area (Å²) in [5, 5.41) is 129. The molecule has 4 aliphatic carbocycles. The second-order valence-corrected chi connectivity index (χ2v) is 23.7. The quantitative estimate of drug-likeness (QED) is 0.0913.